The average Bonchev–Trinajstić information content (AvgIpc) is 3.51. The van der Waals surface area contributed by atoms with Crippen molar-refractivity contribution in [1.29, 1.82) is 0 Å². The molecule has 35 heavy (non-hydrogen) atoms. The zero-order chi connectivity index (χ0) is 25.0. The standard InChI is InChI=1S/C25H26N4O4S2/c1-15-11-19-12-17(9-10-29(19)27-15)21-8-7-16-5-4-6-20(16)23(21)26-24(30)28-35(32,33)22-13-18(14-34-22)25(2,3)31/h7-14,31H,4-6H2,1-3H3,(H2,26,28,30). The van der Waals surface area contributed by atoms with E-state index >= 15 is 0 Å². The number of urea groups is 1. The maximum absolute atomic E-state index is 12.9. The third-order valence-corrected chi connectivity index (χ3v) is 8.96. The number of amides is 2. The van der Waals surface area contributed by atoms with E-state index in [2.05, 4.69) is 21.2 Å². The van der Waals surface area contributed by atoms with Gasteiger partial charge in [-0.15, -0.1) is 11.3 Å². The van der Waals surface area contributed by atoms with Crippen LogP contribution in [0.4, 0.5) is 10.5 Å². The highest BCUT2D eigenvalue weighted by molar-refractivity contribution is 7.92. The first-order valence-electron chi connectivity index (χ1n) is 11.3. The quantitative estimate of drug-likeness (QED) is 0.363. The number of nitrogens with zero attached hydrogens (tertiary/aromatic N) is 2. The van der Waals surface area contributed by atoms with Gasteiger partial charge in [0.25, 0.3) is 10.0 Å². The van der Waals surface area contributed by atoms with Gasteiger partial charge in [0.15, 0.2) is 0 Å². The molecule has 0 aliphatic heterocycles. The number of rotatable bonds is 5. The van der Waals surface area contributed by atoms with Crippen molar-refractivity contribution < 1.29 is 18.3 Å². The molecule has 5 rings (SSSR count). The van der Waals surface area contributed by atoms with Crippen molar-refractivity contribution in [3.63, 3.8) is 0 Å². The molecule has 1 aromatic carbocycles. The molecule has 0 bridgehead atoms. The van der Waals surface area contributed by atoms with E-state index in [0.717, 1.165) is 64.1 Å². The number of fused-ring (bicyclic) bond motifs is 2. The van der Waals surface area contributed by atoms with E-state index < -0.39 is 21.7 Å². The Morgan fingerprint density at radius 1 is 1.17 bits per heavy atom. The number of aryl methyl sites for hydroxylation is 2. The number of sulfonamides is 1. The van der Waals surface area contributed by atoms with E-state index in [1.165, 1.54) is 6.07 Å². The minimum atomic E-state index is -4.10. The monoisotopic (exact) mass is 510 g/mol. The number of carbonyl (C=O) groups excluding carboxylic acids is 1. The minimum Gasteiger partial charge on any atom is -0.386 e. The van der Waals surface area contributed by atoms with E-state index in [1.54, 1.807) is 23.7 Å². The number of aliphatic hydroxyl groups is 1. The first-order chi connectivity index (χ1) is 16.5. The SMILES string of the molecule is Cc1cc2cc(-c3ccc4c(c3NC(=O)NS(=O)(=O)c3cc(C(C)(C)O)cs3)CCC4)ccn2n1. The lowest BCUT2D eigenvalue weighted by atomic mass is 9.97. The van der Waals surface area contributed by atoms with Crippen molar-refractivity contribution in [2.75, 3.05) is 5.32 Å². The smallest absolute Gasteiger partial charge is 0.333 e. The van der Waals surface area contributed by atoms with Crippen LogP contribution in [0, 0.1) is 6.92 Å². The van der Waals surface area contributed by atoms with Crippen LogP contribution in [0.1, 0.15) is 42.7 Å². The Labute approximate surface area is 207 Å². The van der Waals surface area contributed by atoms with Gasteiger partial charge in [0, 0.05) is 11.8 Å². The van der Waals surface area contributed by atoms with Crippen LogP contribution in [-0.4, -0.2) is 29.2 Å². The van der Waals surface area contributed by atoms with E-state index in [9.17, 15) is 18.3 Å². The van der Waals surface area contributed by atoms with Gasteiger partial charge in [-0.05, 0) is 91.9 Å². The topological polar surface area (TPSA) is 113 Å². The van der Waals surface area contributed by atoms with Gasteiger partial charge in [0.05, 0.1) is 22.5 Å². The molecule has 0 fully saturated rings. The Morgan fingerprint density at radius 2 is 1.97 bits per heavy atom. The van der Waals surface area contributed by atoms with Crippen molar-refractivity contribution in [1.82, 2.24) is 14.3 Å². The van der Waals surface area contributed by atoms with E-state index in [0.29, 0.717) is 11.3 Å². The maximum atomic E-state index is 12.9. The van der Waals surface area contributed by atoms with Crippen LogP contribution in [0.2, 0.25) is 0 Å². The van der Waals surface area contributed by atoms with Crippen LogP contribution in [0.5, 0.6) is 0 Å². The lowest BCUT2D eigenvalue weighted by molar-refractivity contribution is 0.0789. The van der Waals surface area contributed by atoms with Gasteiger partial charge in [-0.25, -0.2) is 22.4 Å². The Bertz CT molecular complexity index is 1560. The summed E-state index contributed by atoms with van der Waals surface area (Å²) >= 11 is 0.956. The molecule has 182 valence electrons. The Balaban J connectivity index is 1.47. The summed E-state index contributed by atoms with van der Waals surface area (Å²) in [5, 5.41) is 19.0. The first-order valence-corrected chi connectivity index (χ1v) is 13.6. The molecule has 3 heterocycles. The summed E-state index contributed by atoms with van der Waals surface area (Å²) in [4.78, 5) is 12.9. The fraction of sp³-hybridized carbons (Fsp3) is 0.280. The molecule has 0 spiro atoms. The summed E-state index contributed by atoms with van der Waals surface area (Å²) in [6.07, 6.45) is 4.57. The van der Waals surface area contributed by atoms with E-state index in [4.69, 9.17) is 0 Å². The van der Waals surface area contributed by atoms with Crippen molar-refractivity contribution in [2.24, 2.45) is 0 Å². The Morgan fingerprint density at radius 3 is 2.71 bits per heavy atom. The van der Waals surface area contributed by atoms with Crippen LogP contribution in [-0.2, 0) is 28.5 Å². The van der Waals surface area contributed by atoms with Crippen molar-refractivity contribution in [2.45, 2.75) is 49.8 Å². The molecular formula is C25H26N4O4S2. The second-order valence-electron chi connectivity index (χ2n) is 9.32. The lowest BCUT2D eigenvalue weighted by Gasteiger charge is -2.17. The molecular weight excluding hydrogens is 484 g/mol. The molecule has 10 heteroatoms. The third kappa shape index (κ3) is 4.56. The van der Waals surface area contributed by atoms with Crippen molar-refractivity contribution in [3.05, 3.63) is 70.4 Å². The summed E-state index contributed by atoms with van der Waals surface area (Å²) in [5.74, 6) is 0. The number of hydrogen-bond donors (Lipinski definition) is 3. The average molecular weight is 511 g/mol. The number of carbonyl (C=O) groups is 1. The summed E-state index contributed by atoms with van der Waals surface area (Å²) in [5.41, 5.74) is 5.65. The van der Waals surface area contributed by atoms with Crippen molar-refractivity contribution >= 4 is 38.6 Å². The summed E-state index contributed by atoms with van der Waals surface area (Å²) in [6, 6.07) is 10.5. The number of pyridine rings is 1. The third-order valence-electron chi connectivity index (χ3n) is 6.19. The summed E-state index contributed by atoms with van der Waals surface area (Å²) in [7, 11) is -4.10. The molecule has 3 N–H and O–H groups in total. The normalized spacial score (nSPS) is 13.7. The van der Waals surface area contributed by atoms with E-state index in [-0.39, 0.29) is 4.21 Å². The van der Waals surface area contributed by atoms with Crippen LogP contribution in [0.3, 0.4) is 0 Å². The Kier molecular flexibility index (Phi) is 5.70. The van der Waals surface area contributed by atoms with Gasteiger partial charge in [-0.2, -0.15) is 5.10 Å². The molecule has 0 atom stereocenters. The van der Waals surface area contributed by atoms with Gasteiger partial charge in [-0.3, -0.25) is 0 Å². The van der Waals surface area contributed by atoms with Gasteiger partial charge in [0.2, 0.25) is 0 Å². The fourth-order valence-electron chi connectivity index (χ4n) is 4.43. The molecule has 0 unspecified atom stereocenters. The molecule has 3 aromatic heterocycles. The number of thiophene rings is 1. The number of anilines is 1. The zero-order valence-electron chi connectivity index (χ0n) is 19.6. The molecule has 0 radical (unpaired) electrons. The largest absolute Gasteiger partial charge is 0.386 e. The zero-order valence-corrected chi connectivity index (χ0v) is 21.3. The molecule has 1 aliphatic rings. The van der Waals surface area contributed by atoms with E-state index in [1.807, 2.05) is 37.4 Å². The lowest BCUT2D eigenvalue weighted by Crippen LogP contribution is -2.34. The molecule has 0 saturated carbocycles. The molecule has 0 saturated heterocycles. The maximum Gasteiger partial charge on any atom is 0.333 e. The summed E-state index contributed by atoms with van der Waals surface area (Å²) < 4.78 is 29.6. The second kappa shape index (κ2) is 8.47. The highest BCUT2D eigenvalue weighted by atomic mass is 32.2. The van der Waals surface area contributed by atoms with Crippen LogP contribution < -0.4 is 10.0 Å². The number of aromatic nitrogens is 2. The highest BCUT2D eigenvalue weighted by Crippen LogP contribution is 2.38. The number of nitrogens with one attached hydrogen (secondary N) is 2. The predicted octanol–water partition coefficient (Wildman–Crippen LogP) is 4.60. The van der Waals surface area contributed by atoms with Crippen LogP contribution >= 0.6 is 11.3 Å². The number of benzene rings is 1. The van der Waals surface area contributed by atoms with Crippen LogP contribution in [0.15, 0.2) is 52.2 Å². The highest BCUT2D eigenvalue weighted by Gasteiger charge is 2.26. The van der Waals surface area contributed by atoms with Crippen LogP contribution in [0.25, 0.3) is 16.6 Å². The van der Waals surface area contributed by atoms with Gasteiger partial charge in [0.1, 0.15) is 4.21 Å². The first kappa shape index (κ1) is 23.5. The minimum absolute atomic E-state index is 0.0372. The van der Waals surface area contributed by atoms with Gasteiger partial charge >= 0.3 is 6.03 Å². The predicted molar refractivity (Wildman–Crippen MR) is 136 cm³/mol. The molecule has 2 amide bonds. The molecule has 4 aromatic rings. The second-order valence-corrected chi connectivity index (χ2v) is 12.1. The van der Waals surface area contributed by atoms with Gasteiger partial charge < -0.3 is 10.4 Å². The molecule has 1 aliphatic carbocycles. The van der Waals surface area contributed by atoms with Crippen molar-refractivity contribution in [3.8, 4) is 11.1 Å². The fourth-order valence-corrected chi connectivity index (χ4v) is 6.68. The Hall–Kier alpha value is -3.21. The number of hydrogen-bond acceptors (Lipinski definition) is 6. The molecule has 8 nitrogen and oxygen atoms in total. The summed E-state index contributed by atoms with van der Waals surface area (Å²) in [6.45, 7) is 5.08. The van der Waals surface area contributed by atoms with Gasteiger partial charge in [-0.1, -0.05) is 12.1 Å².